The molecule has 1 heterocycles. The van der Waals surface area contributed by atoms with Gasteiger partial charge >= 0.3 is 0 Å². The summed E-state index contributed by atoms with van der Waals surface area (Å²) in [6.07, 6.45) is 6.66. The summed E-state index contributed by atoms with van der Waals surface area (Å²) in [5, 5.41) is 11.8. The summed E-state index contributed by atoms with van der Waals surface area (Å²) in [5.74, 6) is 0.175. The maximum Gasteiger partial charge on any atom is 0.170 e. The molecule has 104 valence electrons. The second-order valence-corrected chi connectivity index (χ2v) is 5.23. The number of amidine groups is 1. The molecule has 1 saturated heterocycles. The number of likely N-dealkylation sites (tertiary alicyclic amines) is 1. The van der Waals surface area contributed by atoms with Crippen molar-refractivity contribution in [2.75, 3.05) is 13.1 Å². The van der Waals surface area contributed by atoms with Gasteiger partial charge in [0.25, 0.3) is 0 Å². The SMILES string of the molecule is N/C(=N\O)c1cccc(CN2CCCCCCC2)c1. The standard InChI is InChI=1S/C15H23N3O/c16-15(17-19)14-8-6-7-13(11-14)12-18-9-4-2-1-3-5-10-18/h6-8,11,19H,1-5,9-10,12H2,(H2,16,17). The fraction of sp³-hybridized carbons (Fsp3) is 0.533. The maximum atomic E-state index is 8.72. The Balaban J connectivity index is 2.01. The van der Waals surface area contributed by atoms with Gasteiger partial charge in [-0.1, -0.05) is 42.6 Å². The van der Waals surface area contributed by atoms with Gasteiger partial charge in [-0.3, -0.25) is 4.90 Å². The summed E-state index contributed by atoms with van der Waals surface area (Å²) in [6.45, 7) is 3.30. The van der Waals surface area contributed by atoms with Crippen LogP contribution in [0.25, 0.3) is 0 Å². The molecule has 1 fully saturated rings. The van der Waals surface area contributed by atoms with Crippen molar-refractivity contribution in [1.82, 2.24) is 4.90 Å². The van der Waals surface area contributed by atoms with E-state index in [9.17, 15) is 0 Å². The fourth-order valence-corrected chi connectivity index (χ4v) is 2.62. The number of nitrogens with two attached hydrogens (primary N) is 1. The van der Waals surface area contributed by atoms with Crippen LogP contribution in [0, 0.1) is 0 Å². The number of nitrogens with zero attached hydrogens (tertiary/aromatic N) is 2. The predicted molar refractivity (Wildman–Crippen MR) is 77.3 cm³/mol. The third-order valence-corrected chi connectivity index (χ3v) is 3.69. The minimum Gasteiger partial charge on any atom is -0.409 e. The molecule has 0 aliphatic carbocycles. The highest BCUT2D eigenvalue weighted by atomic mass is 16.4. The lowest BCUT2D eigenvalue weighted by molar-refractivity contribution is 0.240. The lowest BCUT2D eigenvalue weighted by Crippen LogP contribution is -2.27. The first kappa shape index (κ1) is 13.9. The summed E-state index contributed by atoms with van der Waals surface area (Å²) in [6, 6.07) is 7.94. The Labute approximate surface area is 114 Å². The van der Waals surface area contributed by atoms with E-state index >= 15 is 0 Å². The molecule has 0 aromatic heterocycles. The van der Waals surface area contributed by atoms with Crippen molar-refractivity contribution >= 4 is 5.84 Å². The van der Waals surface area contributed by atoms with E-state index in [2.05, 4.69) is 16.1 Å². The zero-order valence-electron chi connectivity index (χ0n) is 11.4. The van der Waals surface area contributed by atoms with Gasteiger partial charge in [0.1, 0.15) is 0 Å². The van der Waals surface area contributed by atoms with Crippen LogP contribution in [0.4, 0.5) is 0 Å². The van der Waals surface area contributed by atoms with Crippen LogP contribution in [0.5, 0.6) is 0 Å². The van der Waals surface area contributed by atoms with E-state index in [4.69, 9.17) is 10.9 Å². The molecule has 1 aliphatic heterocycles. The van der Waals surface area contributed by atoms with Crippen LogP contribution in [0.3, 0.4) is 0 Å². The molecule has 0 atom stereocenters. The van der Waals surface area contributed by atoms with Gasteiger partial charge in [0.2, 0.25) is 0 Å². The molecule has 0 radical (unpaired) electrons. The van der Waals surface area contributed by atoms with Crippen molar-refractivity contribution in [2.45, 2.75) is 38.6 Å². The zero-order valence-corrected chi connectivity index (χ0v) is 11.4. The summed E-state index contributed by atoms with van der Waals surface area (Å²) in [5.41, 5.74) is 7.64. The van der Waals surface area contributed by atoms with Crippen LogP contribution in [-0.4, -0.2) is 29.0 Å². The van der Waals surface area contributed by atoms with Gasteiger partial charge in [-0.15, -0.1) is 0 Å². The van der Waals surface area contributed by atoms with E-state index in [0.717, 1.165) is 12.1 Å². The smallest absolute Gasteiger partial charge is 0.170 e. The number of hydrogen-bond donors (Lipinski definition) is 2. The Bertz CT molecular complexity index is 423. The highest BCUT2D eigenvalue weighted by molar-refractivity contribution is 5.97. The maximum absolute atomic E-state index is 8.72. The first-order chi connectivity index (χ1) is 9.29. The third kappa shape index (κ3) is 4.24. The minimum atomic E-state index is 0.175. The summed E-state index contributed by atoms with van der Waals surface area (Å²) < 4.78 is 0. The van der Waals surface area contributed by atoms with Crippen LogP contribution in [-0.2, 0) is 6.54 Å². The molecule has 1 aromatic rings. The molecule has 0 saturated carbocycles. The summed E-state index contributed by atoms with van der Waals surface area (Å²) >= 11 is 0. The Kier molecular flexibility index (Phi) is 5.21. The van der Waals surface area contributed by atoms with E-state index in [1.807, 2.05) is 18.2 Å². The van der Waals surface area contributed by atoms with E-state index in [1.165, 1.54) is 50.8 Å². The van der Waals surface area contributed by atoms with Gasteiger partial charge in [-0.2, -0.15) is 0 Å². The molecule has 3 N–H and O–H groups in total. The molecule has 0 amide bonds. The Morgan fingerprint density at radius 3 is 2.53 bits per heavy atom. The molecule has 0 bridgehead atoms. The van der Waals surface area contributed by atoms with Crippen LogP contribution in [0.1, 0.15) is 43.2 Å². The average molecular weight is 261 g/mol. The quantitative estimate of drug-likeness (QED) is 0.380. The van der Waals surface area contributed by atoms with Crippen molar-refractivity contribution in [3.05, 3.63) is 35.4 Å². The van der Waals surface area contributed by atoms with E-state index in [-0.39, 0.29) is 5.84 Å². The number of rotatable bonds is 3. The van der Waals surface area contributed by atoms with E-state index in [0.29, 0.717) is 0 Å². The minimum absolute atomic E-state index is 0.175. The van der Waals surface area contributed by atoms with Gasteiger partial charge in [0.15, 0.2) is 5.84 Å². The number of oxime groups is 1. The zero-order chi connectivity index (χ0) is 13.5. The molecular formula is C15H23N3O. The highest BCUT2D eigenvalue weighted by Crippen LogP contribution is 2.14. The summed E-state index contributed by atoms with van der Waals surface area (Å²) in [4.78, 5) is 2.50. The lowest BCUT2D eigenvalue weighted by atomic mass is 10.1. The predicted octanol–water partition coefficient (Wildman–Crippen LogP) is 2.55. The van der Waals surface area contributed by atoms with Gasteiger partial charge in [0, 0.05) is 12.1 Å². The average Bonchev–Trinajstić information content (AvgIpc) is 2.41. The second kappa shape index (κ2) is 7.14. The second-order valence-electron chi connectivity index (χ2n) is 5.23. The van der Waals surface area contributed by atoms with Gasteiger partial charge in [-0.05, 0) is 37.6 Å². The van der Waals surface area contributed by atoms with Crippen molar-refractivity contribution < 1.29 is 5.21 Å². The van der Waals surface area contributed by atoms with Crippen LogP contribution < -0.4 is 5.73 Å². The van der Waals surface area contributed by atoms with Crippen molar-refractivity contribution in [3.63, 3.8) is 0 Å². The molecular weight excluding hydrogens is 238 g/mol. The normalized spacial score (nSPS) is 18.8. The molecule has 19 heavy (non-hydrogen) atoms. The van der Waals surface area contributed by atoms with Crippen LogP contribution in [0.15, 0.2) is 29.4 Å². The van der Waals surface area contributed by atoms with Gasteiger partial charge < -0.3 is 10.9 Å². The van der Waals surface area contributed by atoms with E-state index < -0.39 is 0 Å². The molecule has 1 aliphatic rings. The van der Waals surface area contributed by atoms with Gasteiger partial charge in [0.05, 0.1) is 0 Å². The first-order valence-electron chi connectivity index (χ1n) is 7.09. The third-order valence-electron chi connectivity index (χ3n) is 3.69. The Hall–Kier alpha value is -1.55. The molecule has 2 rings (SSSR count). The largest absolute Gasteiger partial charge is 0.409 e. The first-order valence-corrected chi connectivity index (χ1v) is 7.09. The van der Waals surface area contributed by atoms with Crippen molar-refractivity contribution in [3.8, 4) is 0 Å². The number of hydrogen-bond acceptors (Lipinski definition) is 3. The van der Waals surface area contributed by atoms with Gasteiger partial charge in [-0.25, -0.2) is 0 Å². The monoisotopic (exact) mass is 261 g/mol. The van der Waals surface area contributed by atoms with Crippen molar-refractivity contribution in [2.24, 2.45) is 10.9 Å². The molecule has 0 unspecified atom stereocenters. The molecule has 4 heteroatoms. The highest BCUT2D eigenvalue weighted by Gasteiger charge is 2.09. The van der Waals surface area contributed by atoms with Crippen LogP contribution in [0.2, 0.25) is 0 Å². The Morgan fingerprint density at radius 1 is 1.16 bits per heavy atom. The Morgan fingerprint density at radius 2 is 1.84 bits per heavy atom. The molecule has 4 nitrogen and oxygen atoms in total. The van der Waals surface area contributed by atoms with E-state index in [1.54, 1.807) is 0 Å². The number of benzene rings is 1. The topological polar surface area (TPSA) is 61.9 Å². The fourth-order valence-electron chi connectivity index (χ4n) is 2.62. The van der Waals surface area contributed by atoms with Crippen LogP contribution >= 0.6 is 0 Å². The lowest BCUT2D eigenvalue weighted by Gasteiger charge is -2.24. The van der Waals surface area contributed by atoms with Crippen molar-refractivity contribution in [1.29, 1.82) is 0 Å². The molecule has 1 aromatic carbocycles. The summed E-state index contributed by atoms with van der Waals surface area (Å²) in [7, 11) is 0. The molecule has 0 spiro atoms.